The van der Waals surface area contributed by atoms with Gasteiger partial charge in [-0.05, 0) is 76.6 Å². The third kappa shape index (κ3) is 10.9. The van der Waals surface area contributed by atoms with Crippen LogP contribution >= 0.6 is 11.3 Å². The van der Waals surface area contributed by atoms with Crippen molar-refractivity contribution in [2.75, 3.05) is 46.9 Å². The number of ether oxygens (including phenoxy) is 2. The Bertz CT molecular complexity index is 2430. The van der Waals surface area contributed by atoms with Gasteiger partial charge in [-0.3, -0.25) is 29.2 Å². The largest absolute Gasteiger partial charge is 0.464 e. The number of hydrogen-bond donors (Lipinski definition) is 2. The number of urea groups is 1. The number of benzene rings is 1. The van der Waals surface area contributed by atoms with E-state index in [1.165, 1.54) is 27.3 Å². The molecule has 6 bridgehead atoms. The molecule has 6 rings (SSSR count). The van der Waals surface area contributed by atoms with Crippen LogP contribution in [0.25, 0.3) is 27.7 Å². The highest BCUT2D eigenvalue weighted by Crippen LogP contribution is 2.40. The molecule has 0 aliphatic carbocycles. The molecule has 3 aliphatic heterocycles. The number of nitrogens with one attached hydrogen (secondary N) is 2. The van der Waals surface area contributed by atoms with Crippen LogP contribution in [0.3, 0.4) is 0 Å². The summed E-state index contributed by atoms with van der Waals surface area (Å²) in [6.45, 7) is 25.5. The van der Waals surface area contributed by atoms with Gasteiger partial charge in [-0.25, -0.2) is 15.2 Å². The topological polar surface area (TPSA) is 171 Å². The molecule has 2 fully saturated rings. The van der Waals surface area contributed by atoms with Crippen LogP contribution in [0.4, 0.5) is 4.79 Å². The molecule has 3 aliphatic rings. The van der Waals surface area contributed by atoms with Crippen molar-refractivity contribution < 1.29 is 33.4 Å². The number of fused-ring (bicyclic) bond motifs is 6. The maximum atomic E-state index is 14.7. The molecule has 3 aromatic rings. The third-order valence-electron chi connectivity index (χ3n) is 13.0. The van der Waals surface area contributed by atoms with Crippen LogP contribution in [0.1, 0.15) is 84.5 Å². The summed E-state index contributed by atoms with van der Waals surface area (Å²) in [5.41, 5.74) is 8.82. The highest BCUT2D eigenvalue weighted by molar-refractivity contribution is 7.10. The minimum atomic E-state index is -1.10. The van der Waals surface area contributed by atoms with E-state index < -0.39 is 41.3 Å². The smallest absolute Gasteiger partial charge is 0.324 e. The number of carbonyl (C=O) groups excluding carboxylic acids is 5. The van der Waals surface area contributed by atoms with Crippen LogP contribution in [0.5, 0.6) is 0 Å². The number of aliphatic imine (C=N–C) groups is 1. The molecular formula is C50H69N9O7S. The summed E-state index contributed by atoms with van der Waals surface area (Å²) in [6, 6.07) is 2.86. The van der Waals surface area contributed by atoms with Crippen molar-refractivity contribution >= 4 is 63.7 Å². The van der Waals surface area contributed by atoms with Gasteiger partial charge in [0.2, 0.25) is 11.8 Å². The molecule has 16 nitrogen and oxygen atoms in total. The number of cyclic esters (lactones) is 1. The molecular weight excluding hydrogens is 871 g/mol. The van der Waals surface area contributed by atoms with Crippen LogP contribution < -0.4 is 10.7 Å². The van der Waals surface area contributed by atoms with E-state index in [4.69, 9.17) is 19.5 Å². The number of aryl methyl sites for hydroxylation is 1. The van der Waals surface area contributed by atoms with E-state index in [-0.39, 0.29) is 43.0 Å². The molecule has 2 aromatic heterocycles. The van der Waals surface area contributed by atoms with E-state index in [1.807, 2.05) is 52.1 Å². The number of hydrogen-bond acceptors (Lipinski definition) is 11. The number of thiazole rings is 1. The molecule has 17 heteroatoms. The summed E-state index contributed by atoms with van der Waals surface area (Å²) in [7, 11) is 3.25. The fraction of sp³-hybridized carbons (Fsp3) is 0.540. The maximum absolute atomic E-state index is 14.7. The Hall–Kier alpha value is -5.65. The number of carbonyl (C=O) groups is 5. The average Bonchev–Trinajstić information content (AvgIpc) is 3.90. The molecule has 67 heavy (non-hydrogen) atoms. The third-order valence-corrected chi connectivity index (χ3v) is 13.9. The molecule has 0 spiro atoms. The molecule has 5 atom stereocenters. The number of methoxy groups -OCH3 is 1. The lowest BCUT2D eigenvalue weighted by Gasteiger charge is -2.42. The van der Waals surface area contributed by atoms with Gasteiger partial charge in [0.25, 0.3) is 5.91 Å². The number of allylic oxidation sites excluding steroid dienone is 2. The lowest BCUT2D eigenvalue weighted by molar-refractivity contribution is -0.155. The number of nitrogens with zero attached hydrogens (tertiary/aromatic N) is 7. The van der Waals surface area contributed by atoms with Gasteiger partial charge in [0.1, 0.15) is 18.1 Å². The average molecular weight is 940 g/mol. The van der Waals surface area contributed by atoms with Gasteiger partial charge in [0, 0.05) is 98.4 Å². The molecule has 5 heterocycles. The molecule has 0 unspecified atom stereocenters. The van der Waals surface area contributed by atoms with Crippen molar-refractivity contribution in [3.8, 4) is 11.3 Å². The molecule has 1 aromatic carbocycles. The fourth-order valence-corrected chi connectivity index (χ4v) is 10.4. The summed E-state index contributed by atoms with van der Waals surface area (Å²) in [5, 5.41) is 8.03. The Kier molecular flexibility index (Phi) is 16.3. The Morgan fingerprint density at radius 1 is 1.15 bits per heavy atom. The van der Waals surface area contributed by atoms with Gasteiger partial charge >= 0.3 is 12.0 Å². The highest BCUT2D eigenvalue weighted by atomic mass is 32.1. The van der Waals surface area contributed by atoms with Crippen molar-refractivity contribution in [2.24, 2.45) is 16.3 Å². The summed E-state index contributed by atoms with van der Waals surface area (Å²) in [4.78, 5) is 84.1. The number of esters is 1. The Balaban J connectivity index is 1.40. The SMILES string of the molecule is C=CC(=O)N1CCN(C(=O)N(C)[C@H](C(=O)N[C@H]2Cc3nc(cs3)-c3ccc4c(c3)c(c(/C(C=C)=C(/N=CC)[C@H](C)OC)n4CC)CC(C)(C)COC(=O)[C@@H]3CCCN(N3)C2=O)C(C)C)C[C@@H]1C. The number of aromatic nitrogens is 2. The van der Waals surface area contributed by atoms with E-state index in [1.54, 1.807) is 30.2 Å². The van der Waals surface area contributed by atoms with Crippen LogP contribution in [0, 0.1) is 11.3 Å². The van der Waals surface area contributed by atoms with Gasteiger partial charge in [-0.1, -0.05) is 53.0 Å². The molecule has 362 valence electrons. The first-order valence-electron chi connectivity index (χ1n) is 23.4. The summed E-state index contributed by atoms with van der Waals surface area (Å²) in [6.07, 6.45) is 6.13. The maximum Gasteiger partial charge on any atom is 0.324 e. The number of rotatable bonds is 11. The molecule has 5 amide bonds. The van der Waals surface area contributed by atoms with Crippen LogP contribution in [0.15, 0.2) is 59.6 Å². The Labute approximate surface area is 399 Å². The van der Waals surface area contributed by atoms with Crippen molar-refractivity contribution in [1.82, 2.24) is 40.0 Å². The zero-order chi connectivity index (χ0) is 48.9. The monoisotopic (exact) mass is 940 g/mol. The van der Waals surface area contributed by atoms with E-state index >= 15 is 0 Å². The van der Waals surface area contributed by atoms with Gasteiger partial charge in [-0.2, -0.15) is 0 Å². The van der Waals surface area contributed by atoms with Gasteiger partial charge in [0.15, 0.2) is 0 Å². The molecule has 0 saturated carbocycles. The first-order chi connectivity index (χ1) is 31.9. The summed E-state index contributed by atoms with van der Waals surface area (Å²) >= 11 is 1.40. The second-order valence-electron chi connectivity index (χ2n) is 18.8. The predicted molar refractivity (Wildman–Crippen MR) is 263 cm³/mol. The second kappa shape index (κ2) is 21.5. The standard InChI is InChI=1S/C50H69N9O7S/c1-13-34(43(51-15-3)32(8)65-12)45-36-26-50(9,10)29-66-48(63)37-18-17-21-59(54-37)47(62)38(25-41-52-39(28-67-41)33-19-20-40(35(36)24-33)57(45)16-4)53-46(61)44(30(5)6)55(11)49(64)56-22-23-58(31(7)27-56)42(60)14-2/h13-15,19-20,24,28,30-32,37-38,44,54H,1-2,16-18,21-23,25-27,29H2,3-12H3,(H,53,61)/b43-34+,51-15?/t31-,32-,37-,38-,44-/m0/s1. The zero-order valence-electron chi connectivity index (χ0n) is 40.9. The van der Waals surface area contributed by atoms with Crippen molar-refractivity contribution in [3.63, 3.8) is 0 Å². The second-order valence-corrected chi connectivity index (χ2v) is 19.8. The van der Waals surface area contributed by atoms with Gasteiger partial charge in [-0.15, -0.1) is 11.3 Å². The molecule has 0 radical (unpaired) electrons. The highest BCUT2D eigenvalue weighted by Gasteiger charge is 2.40. The predicted octanol–water partition coefficient (Wildman–Crippen LogP) is 6.25. The van der Waals surface area contributed by atoms with E-state index in [2.05, 4.69) is 61.4 Å². The number of amides is 5. The fourth-order valence-electron chi connectivity index (χ4n) is 9.58. The number of likely N-dealkylation sites (N-methyl/N-ethyl adjacent to an activating group) is 1. The number of hydrazine groups is 1. The molecule has 2 N–H and O–H groups in total. The minimum Gasteiger partial charge on any atom is -0.464 e. The Morgan fingerprint density at radius 2 is 1.90 bits per heavy atom. The lowest BCUT2D eigenvalue weighted by atomic mass is 9.84. The summed E-state index contributed by atoms with van der Waals surface area (Å²) < 4.78 is 14.2. The normalized spacial score (nSPS) is 21.7. The quantitative estimate of drug-likeness (QED) is 0.0977. The van der Waals surface area contributed by atoms with Crippen molar-refractivity contribution in [1.29, 1.82) is 0 Å². The van der Waals surface area contributed by atoms with Gasteiger partial charge in [0.05, 0.1) is 34.8 Å². The van der Waals surface area contributed by atoms with E-state index in [0.29, 0.717) is 57.0 Å². The minimum absolute atomic E-state index is 0.0613. The van der Waals surface area contributed by atoms with Crippen molar-refractivity contribution in [2.45, 2.75) is 118 Å². The van der Waals surface area contributed by atoms with Crippen LogP contribution in [-0.2, 0) is 48.0 Å². The van der Waals surface area contributed by atoms with Gasteiger partial charge < -0.3 is 34.1 Å². The lowest BCUT2D eigenvalue weighted by Crippen LogP contribution is -2.63. The first kappa shape index (κ1) is 50.8. The first-order valence-corrected chi connectivity index (χ1v) is 24.2. The van der Waals surface area contributed by atoms with Crippen LogP contribution in [-0.4, -0.2) is 142 Å². The molecule has 2 saturated heterocycles. The Morgan fingerprint density at radius 3 is 2.54 bits per heavy atom. The zero-order valence-corrected chi connectivity index (χ0v) is 41.7. The number of piperazine rings is 1. The summed E-state index contributed by atoms with van der Waals surface area (Å²) in [5.74, 6) is -1.93. The van der Waals surface area contributed by atoms with E-state index in [9.17, 15) is 24.0 Å². The van der Waals surface area contributed by atoms with E-state index in [0.717, 1.165) is 44.7 Å². The van der Waals surface area contributed by atoms with Crippen molar-refractivity contribution in [3.05, 3.63) is 70.9 Å². The van der Waals surface area contributed by atoms with Crippen LogP contribution in [0.2, 0.25) is 0 Å².